The Balaban J connectivity index is 0.000000523. The monoisotopic (exact) mass is 461 g/mol. The van der Waals surface area contributed by atoms with Crippen LogP contribution in [0.1, 0.15) is 37.5 Å². The summed E-state index contributed by atoms with van der Waals surface area (Å²) in [7, 11) is 5.09. The zero-order valence-electron chi connectivity index (χ0n) is 20.1. The molecule has 0 aliphatic heterocycles. The normalized spacial score (nSPS) is 9.91. The molecule has 7 heteroatoms. The molecule has 2 aromatic carbocycles. The van der Waals surface area contributed by atoms with Crippen LogP contribution in [-0.2, 0) is 21.6 Å². The van der Waals surface area contributed by atoms with Crippen LogP contribution in [-0.4, -0.2) is 42.9 Å². The van der Waals surface area contributed by atoms with E-state index in [4.69, 9.17) is 21.5 Å². The summed E-state index contributed by atoms with van der Waals surface area (Å²) in [5, 5.41) is 16.9. The van der Waals surface area contributed by atoms with Gasteiger partial charge < -0.3 is 20.0 Å². The average molecular weight is 462 g/mol. The molecule has 3 rings (SSSR count). The summed E-state index contributed by atoms with van der Waals surface area (Å²) in [4.78, 5) is 8.00. The van der Waals surface area contributed by atoms with Gasteiger partial charge in [-0.2, -0.15) is 5.10 Å². The maximum Gasteiger partial charge on any atom is 0.106 e. The molecule has 0 spiro atoms. The lowest BCUT2D eigenvalue weighted by atomic mass is 9.87. The van der Waals surface area contributed by atoms with E-state index >= 15 is 0 Å². The lowest BCUT2D eigenvalue weighted by molar-refractivity contribution is -0.0979. The quantitative estimate of drug-likeness (QED) is 0.543. The Kier molecular flexibility index (Phi) is 13.9. The number of anilines is 1. The van der Waals surface area contributed by atoms with E-state index in [9.17, 15) is 0 Å². The van der Waals surface area contributed by atoms with Crippen molar-refractivity contribution in [3.63, 3.8) is 0 Å². The molecule has 176 valence electrons. The van der Waals surface area contributed by atoms with Gasteiger partial charge in [-0.05, 0) is 36.1 Å². The number of carbonyl (C=O) groups excluding carboxylic acids is 1. The van der Waals surface area contributed by atoms with Crippen LogP contribution in [0.5, 0.6) is 0 Å². The van der Waals surface area contributed by atoms with Crippen LogP contribution in [0.4, 0.5) is 5.69 Å². The molecule has 0 aliphatic rings. The molecule has 2 N–H and O–H groups in total. The second-order valence-electron chi connectivity index (χ2n) is 7.89. The van der Waals surface area contributed by atoms with Gasteiger partial charge in [0.2, 0.25) is 0 Å². The van der Waals surface area contributed by atoms with Crippen molar-refractivity contribution in [1.29, 1.82) is 0 Å². The average Bonchev–Trinajstić information content (AvgIpc) is 3.25. The molecule has 6 nitrogen and oxygen atoms in total. The minimum Gasteiger partial charge on any atom is -0.392 e. The van der Waals surface area contributed by atoms with Crippen molar-refractivity contribution in [2.75, 3.05) is 26.6 Å². The first-order valence-corrected chi connectivity index (χ1v) is 10.4. The first-order chi connectivity index (χ1) is 15.2. The van der Waals surface area contributed by atoms with E-state index in [0.717, 1.165) is 16.9 Å². The Labute approximate surface area is 197 Å². The van der Waals surface area contributed by atoms with Gasteiger partial charge in [0.05, 0.1) is 24.2 Å². The largest absolute Gasteiger partial charge is 0.392 e. The van der Waals surface area contributed by atoms with Crippen molar-refractivity contribution >= 4 is 24.1 Å². The van der Waals surface area contributed by atoms with Gasteiger partial charge in [-0.3, -0.25) is 0 Å². The maximum absolute atomic E-state index is 8.98. The minimum absolute atomic E-state index is 0.0184. The number of methoxy groups -OCH3 is 1. The Morgan fingerprint density at radius 3 is 2.12 bits per heavy atom. The predicted octanol–water partition coefficient (Wildman–Crippen LogP) is 5.43. The molecule has 1 heterocycles. The number of rotatable bonds is 3. The lowest BCUT2D eigenvalue weighted by Crippen LogP contribution is -2.10. The summed E-state index contributed by atoms with van der Waals surface area (Å²) >= 11 is 5.95. The molecule has 0 aliphatic carbocycles. The Morgan fingerprint density at radius 2 is 1.69 bits per heavy atom. The van der Waals surface area contributed by atoms with Crippen molar-refractivity contribution in [1.82, 2.24) is 9.78 Å². The molecule has 0 amide bonds. The van der Waals surface area contributed by atoms with Gasteiger partial charge in [0.15, 0.2) is 0 Å². The molecule has 0 saturated carbocycles. The topological polar surface area (TPSA) is 76.4 Å². The van der Waals surface area contributed by atoms with Gasteiger partial charge in [-0.15, -0.1) is 0 Å². The zero-order valence-corrected chi connectivity index (χ0v) is 20.9. The minimum atomic E-state index is -0.0184. The van der Waals surface area contributed by atoms with E-state index in [2.05, 4.69) is 67.1 Å². The predicted molar refractivity (Wildman–Crippen MR) is 134 cm³/mol. The van der Waals surface area contributed by atoms with E-state index in [-0.39, 0.29) is 12.0 Å². The number of halogens is 1. The number of carbonyl (C=O) groups is 1. The summed E-state index contributed by atoms with van der Waals surface area (Å²) in [6.45, 7) is 10.8. The molecule has 3 aromatic rings. The standard InChI is InChI=1S/C11H12ClN3O.C11H16.C2H6O.CH2O/c1-13-10-3-2-9(12)4-11(10)15-6-8(7-16)5-14-15;1-9-5-7-10(8-6-9)11(2,3)4;1-3-2;1-2/h2-6,13,16H,7H2,1H3;5-8H,1-4H3;1-2H3;1H2. The molecule has 0 bridgehead atoms. The summed E-state index contributed by atoms with van der Waals surface area (Å²) in [5.41, 5.74) is 5.57. The number of hydrogen-bond acceptors (Lipinski definition) is 5. The van der Waals surface area contributed by atoms with Crippen molar-refractivity contribution in [3.05, 3.63) is 76.6 Å². The van der Waals surface area contributed by atoms with E-state index in [1.807, 2.05) is 32.0 Å². The third-order valence-electron chi connectivity index (χ3n) is 4.21. The highest BCUT2D eigenvalue weighted by Crippen LogP contribution is 2.24. The van der Waals surface area contributed by atoms with E-state index < -0.39 is 0 Å². The summed E-state index contributed by atoms with van der Waals surface area (Å²) in [5.74, 6) is 0. The van der Waals surface area contributed by atoms with Crippen LogP contribution < -0.4 is 5.32 Å². The number of aliphatic hydroxyl groups is 1. The SMILES string of the molecule is C=O.CNc1ccc(Cl)cc1-n1cc(CO)cn1.COC.Cc1ccc(C(C)(C)C)cc1. The van der Waals surface area contributed by atoms with Crippen LogP contribution in [0.2, 0.25) is 5.02 Å². The fourth-order valence-electron chi connectivity index (χ4n) is 2.53. The number of nitrogens with one attached hydrogen (secondary N) is 1. The van der Waals surface area contributed by atoms with Crippen molar-refractivity contribution in [2.24, 2.45) is 0 Å². The molecule has 1 aromatic heterocycles. The molecule has 0 atom stereocenters. The summed E-state index contributed by atoms with van der Waals surface area (Å²) < 4.78 is 5.93. The Morgan fingerprint density at radius 1 is 1.12 bits per heavy atom. The van der Waals surface area contributed by atoms with Gasteiger partial charge in [0, 0.05) is 38.1 Å². The van der Waals surface area contributed by atoms with Gasteiger partial charge >= 0.3 is 0 Å². The number of ether oxygens (including phenoxy) is 1. The number of aryl methyl sites for hydroxylation is 1. The van der Waals surface area contributed by atoms with Gasteiger partial charge in [0.1, 0.15) is 6.79 Å². The Hall–Kier alpha value is -2.67. The van der Waals surface area contributed by atoms with Gasteiger partial charge in [0.25, 0.3) is 0 Å². The number of nitrogens with zero attached hydrogens (tertiary/aromatic N) is 2. The summed E-state index contributed by atoms with van der Waals surface area (Å²) in [6, 6.07) is 14.3. The van der Waals surface area contributed by atoms with Crippen LogP contribution in [0.3, 0.4) is 0 Å². The number of aliphatic hydroxyl groups excluding tert-OH is 1. The van der Waals surface area contributed by atoms with Crippen LogP contribution in [0, 0.1) is 6.92 Å². The molecule has 0 saturated heterocycles. The van der Waals surface area contributed by atoms with Crippen molar-refractivity contribution in [2.45, 2.75) is 39.7 Å². The third kappa shape index (κ3) is 10.1. The highest BCUT2D eigenvalue weighted by Gasteiger charge is 2.12. The van der Waals surface area contributed by atoms with Crippen LogP contribution >= 0.6 is 11.6 Å². The van der Waals surface area contributed by atoms with Crippen LogP contribution in [0.25, 0.3) is 5.69 Å². The van der Waals surface area contributed by atoms with Crippen molar-refractivity contribution < 1.29 is 14.6 Å². The smallest absolute Gasteiger partial charge is 0.106 e. The molecular formula is C25H36ClN3O3. The highest BCUT2D eigenvalue weighted by atomic mass is 35.5. The third-order valence-corrected chi connectivity index (χ3v) is 4.45. The number of hydrogen-bond donors (Lipinski definition) is 2. The number of benzene rings is 2. The molecule has 32 heavy (non-hydrogen) atoms. The zero-order chi connectivity index (χ0) is 24.7. The lowest BCUT2D eigenvalue weighted by Gasteiger charge is -2.18. The van der Waals surface area contributed by atoms with E-state index in [1.54, 1.807) is 31.3 Å². The van der Waals surface area contributed by atoms with E-state index in [1.165, 1.54) is 11.1 Å². The first kappa shape index (κ1) is 29.3. The van der Waals surface area contributed by atoms with Crippen molar-refractivity contribution in [3.8, 4) is 5.69 Å². The first-order valence-electron chi connectivity index (χ1n) is 10.0. The molecule has 0 unspecified atom stereocenters. The van der Waals surface area contributed by atoms with E-state index in [0.29, 0.717) is 5.02 Å². The fourth-order valence-corrected chi connectivity index (χ4v) is 2.70. The second kappa shape index (κ2) is 15.2. The number of aromatic nitrogens is 2. The van der Waals surface area contributed by atoms with Gasteiger partial charge in [-0.25, -0.2) is 4.68 Å². The van der Waals surface area contributed by atoms with Crippen LogP contribution in [0.15, 0.2) is 54.9 Å². The summed E-state index contributed by atoms with van der Waals surface area (Å²) in [6.07, 6.45) is 3.40. The maximum atomic E-state index is 8.98. The molecular weight excluding hydrogens is 426 g/mol. The van der Waals surface area contributed by atoms with Gasteiger partial charge in [-0.1, -0.05) is 62.2 Å². The Bertz CT molecular complexity index is 904. The molecule has 0 fully saturated rings. The highest BCUT2D eigenvalue weighted by molar-refractivity contribution is 6.30. The fraction of sp³-hybridized carbons (Fsp3) is 0.360. The second-order valence-corrected chi connectivity index (χ2v) is 8.32. The molecule has 0 radical (unpaired) electrons.